The van der Waals surface area contributed by atoms with Crippen LogP contribution in [0.15, 0.2) is 9.95 Å². The second kappa shape index (κ2) is 7.05. The first kappa shape index (κ1) is 16.5. The largest absolute Gasteiger partial charge is 0.355 e. The number of aromatic nitrogens is 2. The maximum Gasteiger partial charge on any atom is 0.260 e. The van der Waals surface area contributed by atoms with Gasteiger partial charge in [0, 0.05) is 11.4 Å². The topological polar surface area (TPSA) is 74.8 Å². The predicted molar refractivity (Wildman–Crippen MR) is 95.5 cm³/mol. The number of carbonyl (C=O) groups is 1. The van der Waals surface area contributed by atoms with E-state index in [1.165, 1.54) is 22.2 Å². The van der Waals surface area contributed by atoms with Gasteiger partial charge in [-0.2, -0.15) is 0 Å². The van der Waals surface area contributed by atoms with E-state index in [1.807, 2.05) is 6.92 Å². The molecule has 0 saturated heterocycles. The molecule has 1 aliphatic rings. The lowest BCUT2D eigenvalue weighted by molar-refractivity contribution is -0.118. The van der Waals surface area contributed by atoms with Gasteiger partial charge in [-0.15, -0.1) is 11.3 Å². The molecule has 2 heterocycles. The van der Waals surface area contributed by atoms with Gasteiger partial charge in [-0.25, -0.2) is 4.98 Å². The van der Waals surface area contributed by atoms with Crippen molar-refractivity contribution in [2.75, 3.05) is 12.3 Å². The number of aryl methyl sites for hydroxylation is 1. The summed E-state index contributed by atoms with van der Waals surface area (Å²) in [6, 6.07) is 0. The summed E-state index contributed by atoms with van der Waals surface area (Å²) in [7, 11) is 0. The van der Waals surface area contributed by atoms with E-state index in [4.69, 9.17) is 0 Å². The SMILES string of the molecule is CCCNC(=O)CSc1nc2sc3c(c2c(=O)[nH]1)CC[C@H](C)C3. The van der Waals surface area contributed by atoms with Gasteiger partial charge >= 0.3 is 0 Å². The van der Waals surface area contributed by atoms with Gasteiger partial charge < -0.3 is 10.3 Å². The molecule has 1 aliphatic carbocycles. The zero-order valence-corrected chi connectivity index (χ0v) is 15.0. The Morgan fingerprint density at radius 1 is 1.52 bits per heavy atom. The zero-order valence-electron chi connectivity index (χ0n) is 13.4. The molecule has 5 nitrogen and oxygen atoms in total. The number of aromatic amines is 1. The van der Waals surface area contributed by atoms with Crippen LogP contribution in [-0.2, 0) is 17.6 Å². The standard InChI is InChI=1S/C16H21N3O2S2/c1-3-6-17-12(20)8-22-16-18-14(21)13-10-5-4-9(2)7-11(10)23-15(13)19-16/h9H,3-8H2,1-2H3,(H,17,20)(H,18,19,21)/t9-/m0/s1. The van der Waals surface area contributed by atoms with Crippen LogP contribution in [-0.4, -0.2) is 28.2 Å². The van der Waals surface area contributed by atoms with E-state index in [-0.39, 0.29) is 17.2 Å². The number of hydrogen-bond donors (Lipinski definition) is 2. The molecule has 1 amide bonds. The first-order valence-corrected chi connectivity index (χ1v) is 9.82. The Labute approximate surface area is 143 Å². The number of thiophene rings is 1. The smallest absolute Gasteiger partial charge is 0.260 e. The first-order valence-electron chi connectivity index (χ1n) is 8.02. The van der Waals surface area contributed by atoms with Crippen molar-refractivity contribution < 1.29 is 4.79 Å². The molecular weight excluding hydrogens is 330 g/mol. The van der Waals surface area contributed by atoms with Crippen molar-refractivity contribution in [3.8, 4) is 0 Å². The van der Waals surface area contributed by atoms with Gasteiger partial charge in [-0.1, -0.05) is 25.6 Å². The molecule has 7 heteroatoms. The third-order valence-corrected chi connectivity index (χ3v) is 6.08. The normalized spacial score (nSPS) is 17.2. The molecule has 0 fully saturated rings. The minimum absolute atomic E-state index is 0.0288. The first-order chi connectivity index (χ1) is 11.1. The number of hydrogen-bond acceptors (Lipinski definition) is 5. The Morgan fingerprint density at radius 2 is 2.35 bits per heavy atom. The number of fused-ring (bicyclic) bond motifs is 3. The number of thioether (sulfide) groups is 1. The molecule has 1 atom stereocenters. The van der Waals surface area contributed by atoms with Crippen molar-refractivity contribution in [1.29, 1.82) is 0 Å². The molecule has 23 heavy (non-hydrogen) atoms. The van der Waals surface area contributed by atoms with Crippen LogP contribution in [0.2, 0.25) is 0 Å². The van der Waals surface area contributed by atoms with Gasteiger partial charge in [0.2, 0.25) is 5.91 Å². The third-order valence-electron chi connectivity index (χ3n) is 4.06. The molecule has 2 aromatic rings. The number of nitrogens with zero attached hydrogens (tertiary/aromatic N) is 1. The number of amides is 1. The van der Waals surface area contributed by atoms with E-state index >= 15 is 0 Å². The van der Waals surface area contributed by atoms with Crippen molar-refractivity contribution in [2.24, 2.45) is 5.92 Å². The third kappa shape index (κ3) is 3.61. The average molecular weight is 351 g/mol. The van der Waals surface area contributed by atoms with Crippen LogP contribution in [0.25, 0.3) is 10.2 Å². The van der Waals surface area contributed by atoms with Crippen molar-refractivity contribution in [3.05, 3.63) is 20.8 Å². The van der Waals surface area contributed by atoms with Gasteiger partial charge in [0.1, 0.15) is 4.83 Å². The molecule has 0 unspecified atom stereocenters. The molecule has 3 rings (SSSR count). The van der Waals surface area contributed by atoms with Gasteiger partial charge in [0.05, 0.1) is 11.1 Å². The highest BCUT2D eigenvalue weighted by atomic mass is 32.2. The van der Waals surface area contributed by atoms with Gasteiger partial charge in [0.25, 0.3) is 5.56 Å². The van der Waals surface area contributed by atoms with Gasteiger partial charge in [-0.3, -0.25) is 9.59 Å². The molecule has 2 aromatic heterocycles. The summed E-state index contributed by atoms with van der Waals surface area (Å²) in [5, 5.41) is 4.11. The second-order valence-electron chi connectivity index (χ2n) is 6.04. The minimum Gasteiger partial charge on any atom is -0.355 e. The molecule has 0 bridgehead atoms. The summed E-state index contributed by atoms with van der Waals surface area (Å²) in [6.45, 7) is 4.94. The van der Waals surface area contributed by atoms with E-state index in [9.17, 15) is 9.59 Å². The summed E-state index contributed by atoms with van der Waals surface area (Å²) in [5.74, 6) is 0.918. The van der Waals surface area contributed by atoms with Crippen molar-refractivity contribution in [1.82, 2.24) is 15.3 Å². The quantitative estimate of drug-likeness (QED) is 0.641. The summed E-state index contributed by atoms with van der Waals surface area (Å²) in [5.41, 5.74) is 1.12. The average Bonchev–Trinajstić information content (AvgIpc) is 2.88. The van der Waals surface area contributed by atoms with E-state index in [0.717, 1.165) is 35.9 Å². The summed E-state index contributed by atoms with van der Waals surface area (Å²) < 4.78 is 0. The molecule has 0 saturated carbocycles. The minimum atomic E-state index is -0.0708. The van der Waals surface area contributed by atoms with Crippen molar-refractivity contribution in [2.45, 2.75) is 44.7 Å². The molecule has 2 N–H and O–H groups in total. The summed E-state index contributed by atoms with van der Waals surface area (Å²) >= 11 is 2.92. The van der Waals surface area contributed by atoms with Crippen LogP contribution in [0.4, 0.5) is 0 Å². The maximum absolute atomic E-state index is 12.4. The highest BCUT2D eigenvalue weighted by Gasteiger charge is 2.23. The lowest BCUT2D eigenvalue weighted by atomic mass is 9.89. The molecule has 0 radical (unpaired) electrons. The number of nitrogens with one attached hydrogen (secondary N) is 2. The van der Waals surface area contributed by atoms with Crippen LogP contribution >= 0.6 is 23.1 Å². The Morgan fingerprint density at radius 3 is 3.13 bits per heavy atom. The van der Waals surface area contributed by atoms with Crippen LogP contribution in [0, 0.1) is 5.92 Å². The number of H-pyrrole nitrogens is 1. The fraction of sp³-hybridized carbons (Fsp3) is 0.562. The van der Waals surface area contributed by atoms with Gasteiger partial charge in [-0.05, 0) is 37.2 Å². The van der Waals surface area contributed by atoms with Crippen LogP contribution < -0.4 is 10.9 Å². The van der Waals surface area contributed by atoms with E-state index in [1.54, 1.807) is 11.3 Å². The summed E-state index contributed by atoms with van der Waals surface area (Å²) in [6.07, 6.45) is 4.05. The van der Waals surface area contributed by atoms with Crippen LogP contribution in [0.3, 0.4) is 0 Å². The predicted octanol–water partition coefficient (Wildman–Crippen LogP) is 2.73. The van der Waals surface area contributed by atoms with E-state index in [2.05, 4.69) is 22.2 Å². The van der Waals surface area contributed by atoms with E-state index < -0.39 is 0 Å². The Kier molecular flexibility index (Phi) is 5.06. The molecular formula is C16H21N3O2S2. The zero-order chi connectivity index (χ0) is 16.4. The van der Waals surface area contributed by atoms with E-state index in [0.29, 0.717) is 17.6 Å². The second-order valence-corrected chi connectivity index (χ2v) is 8.09. The lowest BCUT2D eigenvalue weighted by Crippen LogP contribution is -2.25. The Bertz CT molecular complexity index is 781. The van der Waals surface area contributed by atoms with Crippen LogP contribution in [0.5, 0.6) is 0 Å². The fourth-order valence-electron chi connectivity index (χ4n) is 2.85. The highest BCUT2D eigenvalue weighted by molar-refractivity contribution is 7.99. The Hall–Kier alpha value is -1.34. The number of rotatable bonds is 5. The lowest BCUT2D eigenvalue weighted by Gasteiger charge is -2.17. The summed E-state index contributed by atoms with van der Waals surface area (Å²) in [4.78, 5) is 33.6. The maximum atomic E-state index is 12.4. The van der Waals surface area contributed by atoms with Crippen molar-refractivity contribution >= 4 is 39.2 Å². The van der Waals surface area contributed by atoms with Crippen LogP contribution in [0.1, 0.15) is 37.1 Å². The monoisotopic (exact) mass is 351 g/mol. The molecule has 0 spiro atoms. The highest BCUT2D eigenvalue weighted by Crippen LogP contribution is 2.36. The molecule has 0 aliphatic heterocycles. The number of carbonyl (C=O) groups excluding carboxylic acids is 1. The van der Waals surface area contributed by atoms with Gasteiger partial charge in [0.15, 0.2) is 5.16 Å². The van der Waals surface area contributed by atoms with Crippen molar-refractivity contribution in [3.63, 3.8) is 0 Å². The molecule has 124 valence electrons. The fourth-order valence-corrected chi connectivity index (χ4v) is 4.98. The Balaban J connectivity index is 1.81. The molecule has 0 aromatic carbocycles.